The first-order chi connectivity index (χ1) is 13.3. The van der Waals surface area contributed by atoms with Crippen LogP contribution in [0.3, 0.4) is 0 Å². The summed E-state index contributed by atoms with van der Waals surface area (Å²) in [6, 6.07) is 5.50. The lowest BCUT2D eigenvalue weighted by Gasteiger charge is -2.13. The number of H-pyrrole nitrogens is 1. The Hall–Kier alpha value is -2.88. The van der Waals surface area contributed by atoms with Crippen LogP contribution in [-0.2, 0) is 19.4 Å². The van der Waals surface area contributed by atoms with Crippen LogP contribution >= 0.6 is 11.3 Å². The highest BCUT2D eigenvalue weighted by Gasteiger charge is 2.32. The minimum atomic E-state index is -4.84. The number of benzene rings is 1. The number of amides is 1. The maximum absolute atomic E-state index is 12.5. The van der Waals surface area contributed by atoms with Gasteiger partial charge in [-0.2, -0.15) is 0 Å². The van der Waals surface area contributed by atoms with Crippen LogP contribution in [0.2, 0.25) is 0 Å². The molecule has 0 aliphatic heterocycles. The Morgan fingerprint density at radius 3 is 2.86 bits per heavy atom. The third-order valence-corrected chi connectivity index (χ3v) is 5.61. The monoisotopic (exact) mass is 409 g/mol. The van der Waals surface area contributed by atoms with Crippen molar-refractivity contribution in [3.63, 3.8) is 0 Å². The number of carbonyl (C=O) groups excluding carboxylic acids is 1. The molecule has 1 aromatic carbocycles. The smallest absolute Gasteiger partial charge is 0.405 e. The quantitative estimate of drug-likeness (QED) is 0.693. The third-order valence-electron chi connectivity index (χ3n) is 4.43. The van der Waals surface area contributed by atoms with Gasteiger partial charge in [0.1, 0.15) is 10.6 Å². The number of ether oxygens (including phenoxy) is 1. The molecule has 0 saturated carbocycles. The van der Waals surface area contributed by atoms with Crippen molar-refractivity contribution in [3.05, 3.63) is 56.4 Å². The maximum atomic E-state index is 12.5. The van der Waals surface area contributed by atoms with Crippen LogP contribution in [0.15, 0.2) is 29.1 Å². The molecular formula is C18H14F3N3O3S. The molecule has 10 heteroatoms. The minimum absolute atomic E-state index is 0.145. The Morgan fingerprint density at radius 1 is 1.29 bits per heavy atom. The predicted octanol–water partition coefficient (Wildman–Crippen LogP) is 3.30. The van der Waals surface area contributed by atoms with Gasteiger partial charge in [-0.3, -0.25) is 9.59 Å². The molecule has 2 N–H and O–H groups in total. The molecule has 0 bridgehead atoms. The Balaban J connectivity index is 1.55. The van der Waals surface area contributed by atoms with E-state index in [1.165, 1.54) is 29.5 Å². The van der Waals surface area contributed by atoms with Crippen LogP contribution in [0.1, 0.15) is 33.0 Å². The molecule has 4 rings (SSSR count). The molecule has 0 fully saturated rings. The summed E-state index contributed by atoms with van der Waals surface area (Å²) in [6.07, 6.45) is -2.12. The van der Waals surface area contributed by atoms with Crippen LogP contribution in [-0.4, -0.2) is 22.2 Å². The van der Waals surface area contributed by atoms with Crippen molar-refractivity contribution >= 4 is 27.5 Å². The number of alkyl halides is 3. The van der Waals surface area contributed by atoms with E-state index in [0.29, 0.717) is 10.2 Å². The summed E-state index contributed by atoms with van der Waals surface area (Å²) in [5.41, 5.74) is 0.765. The Kier molecular flexibility index (Phi) is 4.58. The molecule has 2 aromatic heterocycles. The number of aromatic amines is 1. The number of nitrogens with zero attached hydrogens (tertiary/aromatic N) is 1. The summed E-state index contributed by atoms with van der Waals surface area (Å²) in [7, 11) is 0. The molecule has 1 aliphatic carbocycles. The number of halogens is 3. The molecule has 0 unspecified atom stereocenters. The molecule has 0 radical (unpaired) electrons. The molecule has 3 aromatic rings. The lowest BCUT2D eigenvalue weighted by molar-refractivity contribution is -0.274. The average molecular weight is 409 g/mol. The van der Waals surface area contributed by atoms with E-state index in [1.807, 2.05) is 0 Å². The largest absolute Gasteiger partial charge is 0.573 e. The Morgan fingerprint density at radius 2 is 2.07 bits per heavy atom. The zero-order valence-electron chi connectivity index (χ0n) is 14.4. The number of fused-ring (bicyclic) bond motifs is 3. The second-order valence-corrected chi connectivity index (χ2v) is 7.37. The van der Waals surface area contributed by atoms with Gasteiger partial charge in [0, 0.05) is 17.0 Å². The Labute approximate surface area is 160 Å². The molecule has 0 spiro atoms. The van der Waals surface area contributed by atoms with Gasteiger partial charge in [0.15, 0.2) is 0 Å². The second-order valence-electron chi connectivity index (χ2n) is 6.29. The number of rotatable bonds is 4. The van der Waals surface area contributed by atoms with Crippen molar-refractivity contribution in [3.8, 4) is 5.75 Å². The molecular weight excluding hydrogens is 395 g/mol. The van der Waals surface area contributed by atoms with Crippen molar-refractivity contribution in [1.29, 1.82) is 0 Å². The van der Waals surface area contributed by atoms with Crippen molar-refractivity contribution in [2.45, 2.75) is 32.2 Å². The molecule has 1 amide bonds. The van der Waals surface area contributed by atoms with Crippen LogP contribution in [0.4, 0.5) is 13.2 Å². The van der Waals surface area contributed by atoms with Crippen LogP contribution < -0.4 is 15.6 Å². The fourth-order valence-corrected chi connectivity index (χ4v) is 4.51. The molecule has 1 aliphatic rings. The number of aromatic nitrogens is 2. The normalized spacial score (nSPS) is 13.5. The highest BCUT2D eigenvalue weighted by molar-refractivity contribution is 7.18. The summed E-state index contributed by atoms with van der Waals surface area (Å²) >= 11 is 1.40. The van der Waals surface area contributed by atoms with E-state index in [4.69, 9.17) is 0 Å². The minimum Gasteiger partial charge on any atom is -0.405 e. The first kappa shape index (κ1) is 18.5. The molecule has 0 atom stereocenters. The first-order valence-electron chi connectivity index (χ1n) is 8.48. The van der Waals surface area contributed by atoms with Gasteiger partial charge in [0.2, 0.25) is 5.82 Å². The third kappa shape index (κ3) is 3.59. The average Bonchev–Trinajstić information content (AvgIpc) is 3.19. The van der Waals surface area contributed by atoms with E-state index in [1.54, 1.807) is 0 Å². The van der Waals surface area contributed by atoms with E-state index in [0.717, 1.165) is 35.8 Å². The molecule has 146 valence electrons. The lowest BCUT2D eigenvalue weighted by Crippen LogP contribution is -2.28. The molecule has 28 heavy (non-hydrogen) atoms. The molecule has 6 nitrogen and oxygen atoms in total. The SMILES string of the molecule is O=C(NCc1ccccc1OC(F)(F)F)c1nc2sc3c(c2c(=O)[nH]1)CCC3. The van der Waals surface area contributed by atoms with Gasteiger partial charge < -0.3 is 15.0 Å². The van der Waals surface area contributed by atoms with E-state index < -0.39 is 18.0 Å². The summed E-state index contributed by atoms with van der Waals surface area (Å²) in [4.78, 5) is 33.1. The fourth-order valence-electron chi connectivity index (χ4n) is 3.24. The van der Waals surface area contributed by atoms with E-state index in [2.05, 4.69) is 20.0 Å². The predicted molar refractivity (Wildman–Crippen MR) is 96.6 cm³/mol. The number of hydrogen-bond donors (Lipinski definition) is 2. The van der Waals surface area contributed by atoms with Gasteiger partial charge in [-0.1, -0.05) is 18.2 Å². The number of nitrogens with one attached hydrogen (secondary N) is 2. The van der Waals surface area contributed by atoms with Crippen molar-refractivity contribution < 1.29 is 22.7 Å². The number of aryl methyl sites for hydroxylation is 2. The van der Waals surface area contributed by atoms with Gasteiger partial charge in [-0.25, -0.2) is 4.98 Å². The van der Waals surface area contributed by atoms with E-state index in [9.17, 15) is 22.8 Å². The highest BCUT2D eigenvalue weighted by atomic mass is 32.1. The summed E-state index contributed by atoms with van der Waals surface area (Å²) in [6.45, 7) is -0.215. The van der Waals surface area contributed by atoms with E-state index in [-0.39, 0.29) is 23.5 Å². The number of para-hydroxylation sites is 1. The van der Waals surface area contributed by atoms with Crippen molar-refractivity contribution in [2.75, 3.05) is 0 Å². The Bertz CT molecular complexity index is 1120. The van der Waals surface area contributed by atoms with Crippen molar-refractivity contribution in [1.82, 2.24) is 15.3 Å². The zero-order chi connectivity index (χ0) is 19.9. The van der Waals surface area contributed by atoms with Gasteiger partial charge in [-0.05, 0) is 30.9 Å². The number of carbonyl (C=O) groups is 1. The van der Waals surface area contributed by atoms with Crippen LogP contribution in [0.5, 0.6) is 5.75 Å². The summed E-state index contributed by atoms with van der Waals surface area (Å²) in [5, 5.41) is 2.99. The lowest BCUT2D eigenvalue weighted by atomic mass is 10.2. The summed E-state index contributed by atoms with van der Waals surface area (Å²) < 4.78 is 41.4. The second kappa shape index (κ2) is 6.93. The van der Waals surface area contributed by atoms with Gasteiger partial charge in [0.05, 0.1) is 5.39 Å². The van der Waals surface area contributed by atoms with Crippen LogP contribution in [0.25, 0.3) is 10.2 Å². The van der Waals surface area contributed by atoms with Crippen molar-refractivity contribution in [2.24, 2.45) is 0 Å². The highest BCUT2D eigenvalue weighted by Crippen LogP contribution is 2.34. The molecule has 2 heterocycles. The topological polar surface area (TPSA) is 84.1 Å². The standard InChI is InChI=1S/C18H14F3N3O3S/c19-18(20,21)27-11-6-2-1-4-9(11)8-22-16(26)14-23-15(25)13-10-5-3-7-12(10)28-17(13)24-14/h1-2,4,6H,3,5,7-8H2,(H,22,26)(H,23,24,25). The maximum Gasteiger partial charge on any atom is 0.573 e. The number of hydrogen-bond acceptors (Lipinski definition) is 5. The fraction of sp³-hybridized carbons (Fsp3) is 0.278. The van der Waals surface area contributed by atoms with Gasteiger partial charge >= 0.3 is 6.36 Å². The van der Waals surface area contributed by atoms with Gasteiger partial charge in [0.25, 0.3) is 11.5 Å². The zero-order valence-corrected chi connectivity index (χ0v) is 15.2. The van der Waals surface area contributed by atoms with E-state index >= 15 is 0 Å². The van der Waals surface area contributed by atoms with Gasteiger partial charge in [-0.15, -0.1) is 24.5 Å². The number of thiophene rings is 1. The van der Waals surface area contributed by atoms with Crippen LogP contribution in [0, 0.1) is 0 Å². The first-order valence-corrected chi connectivity index (χ1v) is 9.30. The molecule has 0 saturated heterocycles. The summed E-state index contributed by atoms with van der Waals surface area (Å²) in [5.74, 6) is -1.26.